The highest BCUT2D eigenvalue weighted by Gasteiger charge is 2.15. The Bertz CT molecular complexity index is 1280. The van der Waals surface area contributed by atoms with E-state index in [2.05, 4.69) is 20.6 Å². The molecule has 0 aliphatic rings. The smallest absolute Gasteiger partial charge is 0.274 e. The van der Waals surface area contributed by atoms with Crippen LogP contribution in [0.5, 0.6) is 0 Å². The van der Waals surface area contributed by atoms with Gasteiger partial charge in [-0.3, -0.25) is 14.6 Å². The van der Waals surface area contributed by atoms with E-state index in [4.69, 9.17) is 46.4 Å². The summed E-state index contributed by atoms with van der Waals surface area (Å²) in [4.78, 5) is 12.6. The first-order valence-corrected chi connectivity index (χ1v) is 10.6. The summed E-state index contributed by atoms with van der Waals surface area (Å²) in [6.45, 7) is 2.39. The first-order valence-electron chi connectivity index (χ1n) is 9.11. The van der Waals surface area contributed by atoms with Crippen LogP contribution in [0.2, 0.25) is 20.1 Å². The van der Waals surface area contributed by atoms with E-state index >= 15 is 0 Å². The predicted octanol–water partition coefficient (Wildman–Crippen LogP) is 6.50. The highest BCUT2D eigenvalue weighted by Crippen LogP contribution is 2.29. The van der Waals surface area contributed by atoms with Crippen molar-refractivity contribution in [1.29, 1.82) is 0 Å². The van der Waals surface area contributed by atoms with Crippen molar-refractivity contribution in [2.24, 2.45) is 0 Å². The highest BCUT2D eigenvalue weighted by atomic mass is 35.5. The van der Waals surface area contributed by atoms with Crippen molar-refractivity contribution < 1.29 is 4.79 Å². The number of hydrogen-bond acceptors (Lipinski definition) is 3. The van der Waals surface area contributed by atoms with Gasteiger partial charge >= 0.3 is 0 Å². The Kier molecular flexibility index (Phi) is 6.25. The number of halogens is 4. The van der Waals surface area contributed by atoms with Crippen LogP contribution in [-0.4, -0.2) is 25.9 Å². The maximum absolute atomic E-state index is 12.6. The van der Waals surface area contributed by atoms with Crippen molar-refractivity contribution in [1.82, 2.24) is 20.0 Å². The molecule has 0 bridgehead atoms. The fourth-order valence-electron chi connectivity index (χ4n) is 3.00. The Balaban J connectivity index is 1.48. The van der Waals surface area contributed by atoms with Crippen molar-refractivity contribution in [2.45, 2.75) is 13.5 Å². The van der Waals surface area contributed by atoms with E-state index < -0.39 is 0 Å². The van der Waals surface area contributed by atoms with Crippen molar-refractivity contribution in [3.8, 4) is 11.3 Å². The van der Waals surface area contributed by atoms with Crippen LogP contribution in [0.3, 0.4) is 0 Å². The maximum Gasteiger partial charge on any atom is 0.274 e. The van der Waals surface area contributed by atoms with Crippen molar-refractivity contribution in [3.63, 3.8) is 0 Å². The van der Waals surface area contributed by atoms with Gasteiger partial charge in [-0.2, -0.15) is 10.2 Å². The second-order valence-electron chi connectivity index (χ2n) is 6.82. The van der Waals surface area contributed by atoms with Crippen LogP contribution in [-0.2, 0) is 6.54 Å². The lowest BCUT2D eigenvalue weighted by Crippen LogP contribution is -2.13. The molecule has 1 amide bonds. The second-order valence-corrected chi connectivity index (χ2v) is 8.48. The summed E-state index contributed by atoms with van der Waals surface area (Å²) in [6, 6.07) is 13.9. The number of hydrogen-bond donors (Lipinski definition) is 2. The summed E-state index contributed by atoms with van der Waals surface area (Å²) < 4.78 is 1.76. The number of nitrogens with zero attached hydrogens (tertiary/aromatic N) is 3. The molecule has 0 atom stereocenters. The third-order valence-electron chi connectivity index (χ3n) is 4.57. The molecule has 10 heteroatoms. The molecule has 31 heavy (non-hydrogen) atoms. The molecule has 2 heterocycles. The summed E-state index contributed by atoms with van der Waals surface area (Å²) in [5.41, 5.74) is 3.30. The molecule has 4 rings (SSSR count). The van der Waals surface area contributed by atoms with E-state index in [1.807, 2.05) is 13.0 Å². The minimum absolute atomic E-state index is 0.276. The van der Waals surface area contributed by atoms with Gasteiger partial charge in [0.1, 0.15) is 5.69 Å². The first-order chi connectivity index (χ1) is 14.8. The Labute approximate surface area is 198 Å². The number of aryl methyl sites for hydroxylation is 1. The van der Waals surface area contributed by atoms with Crippen LogP contribution in [0, 0.1) is 6.92 Å². The minimum Gasteiger partial charge on any atom is -0.304 e. The monoisotopic (exact) mass is 493 g/mol. The van der Waals surface area contributed by atoms with Gasteiger partial charge in [-0.05, 0) is 48.9 Å². The molecule has 0 radical (unpaired) electrons. The van der Waals surface area contributed by atoms with Gasteiger partial charge < -0.3 is 5.32 Å². The number of carbonyl (C=O) groups is 1. The molecule has 0 saturated heterocycles. The van der Waals surface area contributed by atoms with Gasteiger partial charge in [0.2, 0.25) is 0 Å². The molecule has 0 unspecified atom stereocenters. The molecule has 0 aliphatic carbocycles. The molecule has 2 N–H and O–H groups in total. The summed E-state index contributed by atoms with van der Waals surface area (Å²) in [7, 11) is 0. The molecule has 4 aromatic rings. The van der Waals surface area contributed by atoms with Gasteiger partial charge in [-0.25, -0.2) is 0 Å². The number of H-pyrrole nitrogens is 1. The lowest BCUT2D eigenvalue weighted by molar-refractivity contribution is 0.102. The zero-order chi connectivity index (χ0) is 22.1. The number of aromatic nitrogens is 4. The van der Waals surface area contributed by atoms with Gasteiger partial charge in [-0.15, -0.1) is 0 Å². The van der Waals surface area contributed by atoms with Crippen molar-refractivity contribution in [2.75, 3.05) is 5.32 Å². The van der Waals surface area contributed by atoms with Crippen molar-refractivity contribution in [3.05, 3.63) is 85.6 Å². The molecule has 0 spiro atoms. The van der Waals surface area contributed by atoms with E-state index in [0.717, 1.165) is 11.3 Å². The molecular formula is C21H15Cl4N5O. The molecule has 2 aromatic carbocycles. The zero-order valence-corrected chi connectivity index (χ0v) is 19.1. The van der Waals surface area contributed by atoms with Gasteiger partial charge in [0.05, 0.1) is 27.3 Å². The van der Waals surface area contributed by atoms with Crippen LogP contribution in [0.25, 0.3) is 11.3 Å². The summed E-state index contributed by atoms with van der Waals surface area (Å²) in [6.07, 6.45) is 0. The number of carbonyl (C=O) groups excluding carboxylic acids is 1. The lowest BCUT2D eigenvalue weighted by Gasteiger charge is -2.06. The van der Waals surface area contributed by atoms with Crippen LogP contribution < -0.4 is 5.32 Å². The minimum atomic E-state index is -0.372. The second kappa shape index (κ2) is 8.93. The van der Waals surface area contributed by atoms with E-state index in [0.29, 0.717) is 43.7 Å². The van der Waals surface area contributed by atoms with Crippen LogP contribution in [0.1, 0.15) is 21.7 Å². The van der Waals surface area contributed by atoms with E-state index in [1.54, 1.807) is 47.1 Å². The van der Waals surface area contributed by atoms with E-state index in [9.17, 15) is 4.79 Å². The SMILES string of the molecule is Cc1cc(NC(=O)c2cc(-c3ccc(Cl)cc3Cl)n[nH]2)nn1Cc1ccc(Cl)c(Cl)c1. The van der Waals surface area contributed by atoms with Crippen LogP contribution >= 0.6 is 46.4 Å². The summed E-state index contributed by atoms with van der Waals surface area (Å²) in [5, 5.41) is 16.1. The summed E-state index contributed by atoms with van der Waals surface area (Å²) >= 11 is 24.2. The zero-order valence-electron chi connectivity index (χ0n) is 16.1. The summed E-state index contributed by atoms with van der Waals surface area (Å²) in [5.74, 6) is 0.0475. The van der Waals surface area contributed by atoms with Crippen molar-refractivity contribution >= 4 is 58.1 Å². The molecule has 6 nitrogen and oxygen atoms in total. The first kappa shape index (κ1) is 21.7. The molecule has 2 aromatic heterocycles. The Morgan fingerprint density at radius 1 is 1.00 bits per heavy atom. The molecule has 0 fully saturated rings. The highest BCUT2D eigenvalue weighted by molar-refractivity contribution is 6.42. The number of anilines is 1. The third kappa shape index (κ3) is 4.88. The maximum atomic E-state index is 12.6. The number of aromatic amines is 1. The normalized spacial score (nSPS) is 11.0. The molecular weight excluding hydrogens is 480 g/mol. The van der Waals surface area contributed by atoms with E-state index in [-0.39, 0.29) is 11.6 Å². The Hall–Kier alpha value is -2.51. The van der Waals surface area contributed by atoms with E-state index in [1.165, 1.54) is 0 Å². The Morgan fingerprint density at radius 2 is 1.81 bits per heavy atom. The quantitative estimate of drug-likeness (QED) is 0.332. The van der Waals surface area contributed by atoms with Gasteiger partial charge in [-0.1, -0.05) is 52.5 Å². The number of amides is 1. The average molecular weight is 495 g/mol. The Morgan fingerprint density at radius 3 is 2.55 bits per heavy atom. The van der Waals surface area contributed by atoms with Gasteiger partial charge in [0.25, 0.3) is 5.91 Å². The topological polar surface area (TPSA) is 75.6 Å². The number of benzene rings is 2. The fourth-order valence-corrected chi connectivity index (χ4v) is 3.83. The molecule has 0 saturated carbocycles. The standard InChI is InChI=1S/C21H15Cl4N5O/c1-11-6-20(29-30(11)10-12-2-5-15(23)17(25)7-12)26-21(31)19-9-18(27-28-19)14-4-3-13(22)8-16(14)24/h2-9H,10H2,1H3,(H,27,28)(H,26,29,31). The lowest BCUT2D eigenvalue weighted by atomic mass is 10.1. The van der Waals surface area contributed by atoms with Gasteiger partial charge in [0.15, 0.2) is 5.82 Å². The molecule has 0 aliphatic heterocycles. The molecule has 158 valence electrons. The fraction of sp³-hybridized carbons (Fsp3) is 0.0952. The van der Waals surface area contributed by atoms with Crippen LogP contribution in [0.15, 0.2) is 48.5 Å². The van der Waals surface area contributed by atoms with Gasteiger partial charge in [0, 0.05) is 22.3 Å². The number of nitrogens with one attached hydrogen (secondary N) is 2. The van der Waals surface area contributed by atoms with Crippen LogP contribution in [0.4, 0.5) is 5.82 Å². The largest absolute Gasteiger partial charge is 0.304 e. The average Bonchev–Trinajstić information content (AvgIpc) is 3.32. The third-order valence-corrected chi connectivity index (χ3v) is 5.86. The number of rotatable bonds is 5. The predicted molar refractivity (Wildman–Crippen MR) is 125 cm³/mol.